The van der Waals surface area contributed by atoms with Crippen LogP contribution in [0.4, 0.5) is 5.69 Å². The molecule has 0 aliphatic heterocycles. The van der Waals surface area contributed by atoms with E-state index in [0.29, 0.717) is 24.0 Å². The van der Waals surface area contributed by atoms with Crippen molar-refractivity contribution < 1.29 is 23.9 Å². The number of carbonyl (C=O) groups excluding carboxylic acids is 1. The molecule has 0 aliphatic carbocycles. The molecule has 0 amide bonds. The molecular formula is C21H23NO6. The maximum absolute atomic E-state index is 11.9. The molecule has 0 unspecified atom stereocenters. The SMILES string of the molecule is COc1cc(/C=C/C(=O)Oc2ccc([N+](=O)[O-])cc2)ccc1OCCC(C)C. The van der Waals surface area contributed by atoms with Gasteiger partial charge in [0.15, 0.2) is 11.5 Å². The standard InChI is InChI=1S/C21H23NO6/c1-15(2)12-13-27-19-10-4-16(14-20(19)26-3)5-11-21(23)28-18-8-6-17(7-9-18)22(24)25/h4-11,14-15H,12-13H2,1-3H3/b11-5+. The number of non-ortho nitro benzene ring substituents is 1. The van der Waals surface area contributed by atoms with Gasteiger partial charge >= 0.3 is 5.97 Å². The molecule has 0 aliphatic rings. The second kappa shape index (κ2) is 10.1. The maximum atomic E-state index is 11.9. The number of nitro groups is 1. The minimum atomic E-state index is -0.593. The Morgan fingerprint density at radius 2 is 1.86 bits per heavy atom. The summed E-state index contributed by atoms with van der Waals surface area (Å²) in [5, 5.41) is 10.6. The van der Waals surface area contributed by atoms with Crippen molar-refractivity contribution in [3.8, 4) is 17.2 Å². The summed E-state index contributed by atoms with van der Waals surface area (Å²) in [5.74, 6) is 1.41. The van der Waals surface area contributed by atoms with Crippen LogP contribution in [0.25, 0.3) is 6.08 Å². The van der Waals surface area contributed by atoms with E-state index < -0.39 is 10.9 Å². The molecule has 0 saturated carbocycles. The van der Waals surface area contributed by atoms with Gasteiger partial charge in [0.1, 0.15) is 5.75 Å². The number of rotatable bonds is 9. The molecule has 148 valence electrons. The second-order valence-corrected chi connectivity index (χ2v) is 6.45. The Labute approximate surface area is 163 Å². The van der Waals surface area contributed by atoms with E-state index in [1.54, 1.807) is 25.3 Å². The zero-order valence-corrected chi connectivity index (χ0v) is 16.1. The van der Waals surface area contributed by atoms with Gasteiger partial charge < -0.3 is 14.2 Å². The van der Waals surface area contributed by atoms with E-state index in [1.165, 1.54) is 30.3 Å². The van der Waals surface area contributed by atoms with Crippen LogP contribution in [0.5, 0.6) is 17.2 Å². The average Bonchev–Trinajstić information content (AvgIpc) is 2.67. The molecule has 0 radical (unpaired) electrons. The predicted molar refractivity (Wildman–Crippen MR) is 106 cm³/mol. The van der Waals surface area contributed by atoms with Crippen molar-refractivity contribution in [3.05, 3.63) is 64.2 Å². The van der Waals surface area contributed by atoms with Gasteiger partial charge in [0.25, 0.3) is 5.69 Å². The lowest BCUT2D eigenvalue weighted by Gasteiger charge is -2.12. The number of benzene rings is 2. The van der Waals surface area contributed by atoms with Crippen LogP contribution in [0, 0.1) is 16.0 Å². The largest absolute Gasteiger partial charge is 0.493 e. The normalized spacial score (nSPS) is 10.9. The van der Waals surface area contributed by atoms with Crippen LogP contribution in [0.2, 0.25) is 0 Å². The summed E-state index contributed by atoms with van der Waals surface area (Å²) in [7, 11) is 1.56. The Bertz CT molecular complexity index is 842. The smallest absolute Gasteiger partial charge is 0.336 e. The minimum Gasteiger partial charge on any atom is -0.493 e. The van der Waals surface area contributed by atoms with Crippen LogP contribution in [0.15, 0.2) is 48.5 Å². The van der Waals surface area contributed by atoms with Gasteiger partial charge in [-0.25, -0.2) is 4.79 Å². The molecule has 0 aromatic heterocycles. The minimum absolute atomic E-state index is 0.0712. The first-order valence-corrected chi connectivity index (χ1v) is 8.84. The number of hydrogen-bond acceptors (Lipinski definition) is 6. The van der Waals surface area contributed by atoms with Crippen LogP contribution in [-0.4, -0.2) is 24.6 Å². The second-order valence-electron chi connectivity index (χ2n) is 6.45. The van der Waals surface area contributed by atoms with Gasteiger partial charge in [0.2, 0.25) is 0 Å². The van der Waals surface area contributed by atoms with Crippen LogP contribution in [0.1, 0.15) is 25.8 Å². The summed E-state index contributed by atoms with van der Waals surface area (Å²) in [4.78, 5) is 22.0. The van der Waals surface area contributed by atoms with Crippen LogP contribution < -0.4 is 14.2 Å². The van der Waals surface area contributed by atoms with E-state index in [0.717, 1.165) is 12.0 Å². The number of hydrogen-bond donors (Lipinski definition) is 0. The van der Waals surface area contributed by atoms with Gasteiger partial charge in [-0.3, -0.25) is 10.1 Å². The molecule has 0 fully saturated rings. The summed E-state index contributed by atoms with van der Waals surface area (Å²) >= 11 is 0. The van der Waals surface area contributed by atoms with Crippen molar-refractivity contribution in [2.45, 2.75) is 20.3 Å². The fourth-order valence-electron chi connectivity index (χ4n) is 2.26. The third kappa shape index (κ3) is 6.42. The van der Waals surface area contributed by atoms with Crippen molar-refractivity contribution in [2.75, 3.05) is 13.7 Å². The van der Waals surface area contributed by atoms with E-state index in [2.05, 4.69) is 13.8 Å². The number of carbonyl (C=O) groups is 1. The van der Waals surface area contributed by atoms with Gasteiger partial charge in [0.05, 0.1) is 18.6 Å². The summed E-state index contributed by atoms with van der Waals surface area (Å²) in [6.07, 6.45) is 3.81. The lowest BCUT2D eigenvalue weighted by molar-refractivity contribution is -0.384. The van der Waals surface area contributed by atoms with Crippen molar-refractivity contribution in [3.63, 3.8) is 0 Å². The number of methoxy groups -OCH3 is 1. The molecule has 2 aromatic rings. The molecule has 0 saturated heterocycles. The summed E-state index contributed by atoms with van der Waals surface area (Å²) < 4.78 is 16.2. The monoisotopic (exact) mass is 385 g/mol. The van der Waals surface area contributed by atoms with E-state index >= 15 is 0 Å². The number of nitro benzene ring substituents is 1. The third-order valence-electron chi connectivity index (χ3n) is 3.82. The molecule has 7 heteroatoms. The van der Waals surface area contributed by atoms with E-state index in [4.69, 9.17) is 14.2 Å². The molecule has 2 rings (SSSR count). The first-order chi connectivity index (χ1) is 13.4. The van der Waals surface area contributed by atoms with Crippen LogP contribution in [-0.2, 0) is 4.79 Å². The molecule has 0 spiro atoms. The number of ether oxygens (including phenoxy) is 3. The highest BCUT2D eigenvalue weighted by atomic mass is 16.6. The molecule has 7 nitrogen and oxygen atoms in total. The van der Waals surface area contributed by atoms with Gasteiger partial charge in [-0.1, -0.05) is 19.9 Å². The highest BCUT2D eigenvalue weighted by molar-refractivity contribution is 5.88. The van der Waals surface area contributed by atoms with Crippen molar-refractivity contribution >= 4 is 17.7 Å². The van der Waals surface area contributed by atoms with Gasteiger partial charge in [0, 0.05) is 18.2 Å². The average molecular weight is 385 g/mol. The van der Waals surface area contributed by atoms with Crippen molar-refractivity contribution in [1.29, 1.82) is 0 Å². The third-order valence-corrected chi connectivity index (χ3v) is 3.82. The van der Waals surface area contributed by atoms with Crippen LogP contribution in [0.3, 0.4) is 0 Å². The molecule has 0 heterocycles. The van der Waals surface area contributed by atoms with E-state index in [-0.39, 0.29) is 11.4 Å². The maximum Gasteiger partial charge on any atom is 0.336 e. The fraction of sp³-hybridized carbons (Fsp3) is 0.286. The highest BCUT2D eigenvalue weighted by Crippen LogP contribution is 2.29. The Kier molecular flexibility index (Phi) is 7.56. The van der Waals surface area contributed by atoms with Gasteiger partial charge in [-0.05, 0) is 48.2 Å². The molecular weight excluding hydrogens is 362 g/mol. The quantitative estimate of drug-likeness (QED) is 0.205. The molecule has 2 aromatic carbocycles. The highest BCUT2D eigenvalue weighted by Gasteiger charge is 2.08. The Balaban J connectivity index is 1.98. The zero-order valence-electron chi connectivity index (χ0n) is 16.1. The molecule has 0 bridgehead atoms. The number of esters is 1. The lowest BCUT2D eigenvalue weighted by Crippen LogP contribution is -2.04. The number of nitrogens with zero attached hydrogens (tertiary/aromatic N) is 1. The summed E-state index contributed by atoms with van der Waals surface area (Å²) in [6, 6.07) is 10.7. The van der Waals surface area contributed by atoms with Gasteiger partial charge in [-0.2, -0.15) is 0 Å². The summed E-state index contributed by atoms with van der Waals surface area (Å²) in [6.45, 7) is 4.86. The van der Waals surface area contributed by atoms with Crippen molar-refractivity contribution in [1.82, 2.24) is 0 Å². The van der Waals surface area contributed by atoms with E-state index in [9.17, 15) is 14.9 Å². The lowest BCUT2D eigenvalue weighted by atomic mass is 10.1. The topological polar surface area (TPSA) is 87.9 Å². The molecule has 0 atom stereocenters. The first-order valence-electron chi connectivity index (χ1n) is 8.84. The zero-order chi connectivity index (χ0) is 20.5. The Morgan fingerprint density at radius 3 is 2.46 bits per heavy atom. The summed E-state index contributed by atoms with van der Waals surface area (Å²) in [5.41, 5.74) is 0.673. The predicted octanol–water partition coefficient (Wildman–Crippen LogP) is 4.65. The van der Waals surface area contributed by atoms with Gasteiger partial charge in [-0.15, -0.1) is 0 Å². The van der Waals surface area contributed by atoms with Crippen molar-refractivity contribution in [2.24, 2.45) is 5.92 Å². The first kappa shape index (κ1) is 21.0. The molecule has 0 N–H and O–H groups in total. The van der Waals surface area contributed by atoms with E-state index in [1.807, 2.05) is 6.07 Å². The van der Waals surface area contributed by atoms with Crippen LogP contribution >= 0.6 is 0 Å². The molecule has 28 heavy (non-hydrogen) atoms. The Morgan fingerprint density at radius 1 is 1.14 bits per heavy atom. The fourth-order valence-corrected chi connectivity index (χ4v) is 2.26. The Hall–Kier alpha value is -3.35.